The summed E-state index contributed by atoms with van der Waals surface area (Å²) in [5.41, 5.74) is 0. The van der Waals surface area contributed by atoms with Gasteiger partial charge in [-0.2, -0.15) is 4.31 Å². The van der Waals surface area contributed by atoms with Crippen molar-refractivity contribution in [1.82, 2.24) is 4.31 Å². The summed E-state index contributed by atoms with van der Waals surface area (Å²) in [6, 6.07) is 9.62. The third kappa shape index (κ3) is 4.55. The first kappa shape index (κ1) is 17.8. The molecule has 0 radical (unpaired) electrons. The first-order valence-corrected chi connectivity index (χ1v) is 9.99. The summed E-state index contributed by atoms with van der Waals surface area (Å²) in [5, 5.41) is 1.92. The highest BCUT2D eigenvalue weighted by Crippen LogP contribution is 2.20. The van der Waals surface area contributed by atoms with Crippen LogP contribution in [0.1, 0.15) is 4.88 Å². The lowest BCUT2D eigenvalue weighted by atomic mass is 10.3. The second-order valence-corrected chi connectivity index (χ2v) is 8.17. The molecule has 1 aliphatic rings. The van der Waals surface area contributed by atoms with Gasteiger partial charge in [-0.05, 0) is 41.8 Å². The quantitative estimate of drug-likeness (QED) is 0.453. The molecule has 0 N–H and O–H groups in total. The molecule has 1 aromatic carbocycles. The molecule has 0 saturated carbocycles. The summed E-state index contributed by atoms with van der Waals surface area (Å²) < 4.78 is 36.8. The van der Waals surface area contributed by atoms with Gasteiger partial charge in [-0.1, -0.05) is 6.07 Å². The number of benzene rings is 1. The Morgan fingerprint density at radius 2 is 1.88 bits per heavy atom. The second kappa shape index (κ2) is 7.92. The Hall–Kier alpha value is -2.00. The summed E-state index contributed by atoms with van der Waals surface area (Å²) in [6.45, 7) is 1.47. The summed E-state index contributed by atoms with van der Waals surface area (Å²) in [4.78, 5) is 12.9. The maximum absolute atomic E-state index is 12.5. The number of sulfonamides is 1. The van der Waals surface area contributed by atoms with E-state index in [1.165, 1.54) is 46.0 Å². The smallest absolute Gasteiger partial charge is 0.336 e. The number of carbonyl (C=O) groups is 1. The molecule has 25 heavy (non-hydrogen) atoms. The predicted molar refractivity (Wildman–Crippen MR) is 95.0 cm³/mol. The van der Waals surface area contributed by atoms with Crippen LogP contribution >= 0.6 is 11.3 Å². The van der Waals surface area contributed by atoms with Gasteiger partial charge in [0, 0.05) is 24.0 Å². The minimum atomic E-state index is -3.55. The molecule has 1 saturated heterocycles. The molecule has 132 valence electrons. The first-order chi connectivity index (χ1) is 12.1. The molecular formula is C17H17NO5S2. The molecule has 2 aromatic rings. The molecular weight excluding hydrogens is 362 g/mol. The Bertz CT molecular complexity index is 836. The fourth-order valence-corrected chi connectivity index (χ4v) is 4.33. The van der Waals surface area contributed by atoms with Gasteiger partial charge in [-0.25, -0.2) is 13.2 Å². The van der Waals surface area contributed by atoms with Gasteiger partial charge in [-0.15, -0.1) is 11.3 Å². The molecule has 1 aliphatic heterocycles. The zero-order valence-electron chi connectivity index (χ0n) is 13.3. The van der Waals surface area contributed by atoms with E-state index in [1.807, 2.05) is 17.5 Å². The summed E-state index contributed by atoms with van der Waals surface area (Å²) in [6.07, 6.45) is 3.01. The van der Waals surface area contributed by atoms with Gasteiger partial charge in [0.05, 0.1) is 18.1 Å². The van der Waals surface area contributed by atoms with Crippen molar-refractivity contribution in [2.24, 2.45) is 0 Å². The molecule has 3 rings (SSSR count). The molecule has 2 heterocycles. The zero-order chi connectivity index (χ0) is 17.7. The normalized spacial score (nSPS) is 16.2. The Morgan fingerprint density at radius 1 is 1.16 bits per heavy atom. The molecule has 6 nitrogen and oxygen atoms in total. The van der Waals surface area contributed by atoms with E-state index >= 15 is 0 Å². The van der Waals surface area contributed by atoms with Crippen molar-refractivity contribution in [3.63, 3.8) is 0 Å². The molecule has 0 atom stereocenters. The second-order valence-electron chi connectivity index (χ2n) is 5.26. The van der Waals surface area contributed by atoms with Crippen LogP contribution in [0.15, 0.2) is 52.7 Å². The Kier molecular flexibility index (Phi) is 5.64. The van der Waals surface area contributed by atoms with Crippen molar-refractivity contribution in [2.45, 2.75) is 4.90 Å². The maximum atomic E-state index is 12.5. The Labute approximate surface area is 150 Å². The highest BCUT2D eigenvalue weighted by atomic mass is 32.2. The number of hydrogen-bond donors (Lipinski definition) is 0. The zero-order valence-corrected chi connectivity index (χ0v) is 15.0. The topological polar surface area (TPSA) is 72.9 Å². The monoisotopic (exact) mass is 379 g/mol. The lowest BCUT2D eigenvalue weighted by molar-refractivity contribution is -0.128. The number of carbonyl (C=O) groups excluding carboxylic acids is 1. The van der Waals surface area contributed by atoms with Crippen LogP contribution < -0.4 is 4.74 Å². The third-order valence-corrected chi connectivity index (χ3v) is 6.33. The average molecular weight is 379 g/mol. The molecule has 0 spiro atoms. The SMILES string of the molecule is O=C(/C=C/c1cccs1)Oc1ccc(S(=O)(=O)N2CCOCC2)cc1. The Morgan fingerprint density at radius 3 is 2.52 bits per heavy atom. The van der Waals surface area contributed by atoms with E-state index in [4.69, 9.17) is 9.47 Å². The van der Waals surface area contributed by atoms with E-state index in [0.717, 1.165) is 4.88 Å². The summed E-state index contributed by atoms with van der Waals surface area (Å²) in [7, 11) is -3.55. The van der Waals surface area contributed by atoms with Gasteiger partial charge < -0.3 is 9.47 Å². The van der Waals surface area contributed by atoms with Crippen LogP contribution in [0.3, 0.4) is 0 Å². The maximum Gasteiger partial charge on any atom is 0.336 e. The van der Waals surface area contributed by atoms with Gasteiger partial charge in [-0.3, -0.25) is 0 Å². The number of ether oxygens (including phenoxy) is 2. The van der Waals surface area contributed by atoms with Crippen molar-refractivity contribution < 1.29 is 22.7 Å². The van der Waals surface area contributed by atoms with Crippen LogP contribution in [-0.2, 0) is 19.6 Å². The van der Waals surface area contributed by atoms with Gasteiger partial charge in [0.1, 0.15) is 5.75 Å². The summed E-state index contributed by atoms with van der Waals surface area (Å²) >= 11 is 1.51. The predicted octanol–water partition coefficient (Wildman–Crippen LogP) is 2.39. The van der Waals surface area contributed by atoms with E-state index in [1.54, 1.807) is 6.08 Å². The number of rotatable bonds is 5. The fourth-order valence-electron chi connectivity index (χ4n) is 2.30. The minimum absolute atomic E-state index is 0.170. The van der Waals surface area contributed by atoms with Crippen molar-refractivity contribution in [3.8, 4) is 5.75 Å². The average Bonchev–Trinajstić information content (AvgIpc) is 3.15. The first-order valence-electron chi connectivity index (χ1n) is 7.67. The van der Waals surface area contributed by atoms with Crippen LogP contribution in [0, 0.1) is 0 Å². The minimum Gasteiger partial charge on any atom is -0.423 e. The van der Waals surface area contributed by atoms with E-state index in [9.17, 15) is 13.2 Å². The number of thiophene rings is 1. The van der Waals surface area contributed by atoms with Crippen molar-refractivity contribution in [1.29, 1.82) is 0 Å². The standard InChI is InChI=1S/C17H17NO5S2/c19-17(8-5-15-2-1-13-24-15)23-14-3-6-16(7-4-14)25(20,21)18-9-11-22-12-10-18/h1-8,13H,9-12H2/b8-5+. The van der Waals surface area contributed by atoms with Crippen molar-refractivity contribution in [2.75, 3.05) is 26.3 Å². The summed E-state index contributed by atoms with van der Waals surface area (Å²) in [5.74, 6) is -0.223. The third-order valence-electron chi connectivity index (χ3n) is 3.58. The fraction of sp³-hybridized carbons (Fsp3) is 0.235. The molecule has 1 aromatic heterocycles. The molecule has 0 aliphatic carbocycles. The van der Waals surface area contributed by atoms with Gasteiger partial charge in [0.25, 0.3) is 0 Å². The molecule has 1 fully saturated rings. The lowest BCUT2D eigenvalue weighted by Crippen LogP contribution is -2.40. The van der Waals surface area contributed by atoms with Crippen LogP contribution in [0.25, 0.3) is 6.08 Å². The molecule has 0 amide bonds. The van der Waals surface area contributed by atoms with Crippen LogP contribution in [-0.4, -0.2) is 45.0 Å². The van der Waals surface area contributed by atoms with Crippen LogP contribution in [0.4, 0.5) is 0 Å². The number of morpholine rings is 1. The van der Waals surface area contributed by atoms with E-state index in [-0.39, 0.29) is 4.90 Å². The molecule has 0 unspecified atom stereocenters. The highest BCUT2D eigenvalue weighted by molar-refractivity contribution is 7.89. The largest absolute Gasteiger partial charge is 0.423 e. The molecule has 0 bridgehead atoms. The van der Waals surface area contributed by atoms with Crippen molar-refractivity contribution >= 4 is 33.4 Å². The van der Waals surface area contributed by atoms with Crippen LogP contribution in [0.2, 0.25) is 0 Å². The molecule has 8 heteroatoms. The number of hydrogen-bond acceptors (Lipinski definition) is 6. The van der Waals surface area contributed by atoms with E-state index in [0.29, 0.717) is 32.1 Å². The lowest BCUT2D eigenvalue weighted by Gasteiger charge is -2.26. The van der Waals surface area contributed by atoms with E-state index < -0.39 is 16.0 Å². The van der Waals surface area contributed by atoms with E-state index in [2.05, 4.69) is 0 Å². The number of esters is 1. The number of nitrogens with zero attached hydrogens (tertiary/aromatic N) is 1. The highest BCUT2D eigenvalue weighted by Gasteiger charge is 2.26. The van der Waals surface area contributed by atoms with Gasteiger partial charge in [0.2, 0.25) is 10.0 Å². The van der Waals surface area contributed by atoms with Gasteiger partial charge in [0.15, 0.2) is 0 Å². The Balaban J connectivity index is 1.64. The van der Waals surface area contributed by atoms with Crippen molar-refractivity contribution in [3.05, 3.63) is 52.7 Å². The van der Waals surface area contributed by atoms with Crippen LogP contribution in [0.5, 0.6) is 5.75 Å². The van der Waals surface area contributed by atoms with Gasteiger partial charge >= 0.3 is 5.97 Å².